The molecule has 128 valence electrons. The van der Waals surface area contributed by atoms with Crippen molar-refractivity contribution >= 4 is 0 Å². The van der Waals surface area contributed by atoms with Crippen molar-refractivity contribution < 1.29 is 0 Å². The summed E-state index contributed by atoms with van der Waals surface area (Å²) < 4.78 is 4.67. The topological polar surface area (TPSA) is 48.9 Å². The number of hydrogen-bond acceptors (Lipinski definition) is 2. The second kappa shape index (κ2) is 4.15. The van der Waals surface area contributed by atoms with Crippen LogP contribution in [0.3, 0.4) is 0 Å². The Balaban J connectivity index is 1.87. The molecule has 3 heterocycles. The first-order chi connectivity index (χ1) is 11.8. The molecule has 0 radical (unpaired) electrons. The Bertz CT molecular complexity index is 1100. The zero-order valence-electron chi connectivity index (χ0n) is 14.9. The van der Waals surface area contributed by atoms with Gasteiger partial charge in [-0.1, -0.05) is 48.4 Å². The van der Waals surface area contributed by atoms with Crippen LogP contribution in [0.2, 0.25) is 0 Å². The normalized spacial score (nSPS) is 34.7. The Morgan fingerprint density at radius 2 is 1.68 bits per heavy atom. The third-order valence-electron chi connectivity index (χ3n) is 7.18. The summed E-state index contributed by atoms with van der Waals surface area (Å²) in [6.45, 7) is 8.62. The van der Waals surface area contributed by atoms with Crippen LogP contribution in [0.1, 0.15) is 33.7 Å². The number of aromatic nitrogens is 3. The van der Waals surface area contributed by atoms with Crippen molar-refractivity contribution in [2.45, 2.75) is 39.3 Å². The van der Waals surface area contributed by atoms with Crippen molar-refractivity contribution in [2.24, 2.45) is 11.3 Å². The Morgan fingerprint density at radius 1 is 1.00 bits per heavy atom. The predicted octanol–water partition coefficient (Wildman–Crippen LogP) is 2.61. The highest BCUT2D eigenvalue weighted by Crippen LogP contribution is 2.67. The molecular formula is C20H21N3O2. The third-order valence-corrected chi connectivity index (χ3v) is 7.18. The van der Waals surface area contributed by atoms with Crippen LogP contribution in [0.15, 0.2) is 63.2 Å². The SMILES string of the molecule is CC1=C(C)[C@@]2(C)[C@H]1[C@H]1C=C[C@@]2(C)n2c(=O)n(-c3ccccc3)c(=O)n21. The van der Waals surface area contributed by atoms with E-state index in [1.807, 2.05) is 18.2 Å². The maximum Gasteiger partial charge on any atom is 0.352 e. The van der Waals surface area contributed by atoms with Crippen LogP contribution in [0.5, 0.6) is 0 Å². The summed E-state index contributed by atoms with van der Waals surface area (Å²) in [4.78, 5) is 26.5. The van der Waals surface area contributed by atoms with Crippen LogP contribution in [0.25, 0.3) is 5.69 Å². The van der Waals surface area contributed by atoms with Gasteiger partial charge in [0, 0.05) is 11.3 Å². The fourth-order valence-corrected chi connectivity index (χ4v) is 5.54. The van der Waals surface area contributed by atoms with E-state index in [-0.39, 0.29) is 28.8 Å². The van der Waals surface area contributed by atoms with E-state index in [0.29, 0.717) is 5.69 Å². The van der Waals surface area contributed by atoms with E-state index in [0.717, 1.165) is 0 Å². The first-order valence-corrected chi connectivity index (χ1v) is 8.73. The lowest BCUT2D eigenvalue weighted by Crippen LogP contribution is -2.67. The zero-order valence-corrected chi connectivity index (χ0v) is 14.9. The van der Waals surface area contributed by atoms with Crippen molar-refractivity contribution in [1.29, 1.82) is 0 Å². The van der Waals surface area contributed by atoms with Crippen LogP contribution in [-0.2, 0) is 5.54 Å². The van der Waals surface area contributed by atoms with Gasteiger partial charge in [-0.05, 0) is 32.9 Å². The summed E-state index contributed by atoms with van der Waals surface area (Å²) in [6, 6.07) is 9.08. The van der Waals surface area contributed by atoms with Crippen LogP contribution < -0.4 is 11.4 Å². The van der Waals surface area contributed by atoms with Gasteiger partial charge in [0.15, 0.2) is 0 Å². The summed E-state index contributed by atoms with van der Waals surface area (Å²) in [7, 11) is 0. The number of hydrogen-bond donors (Lipinski definition) is 0. The number of benzene rings is 1. The van der Waals surface area contributed by atoms with Crippen molar-refractivity contribution in [3.05, 3.63) is 74.6 Å². The Kier molecular flexibility index (Phi) is 2.45. The van der Waals surface area contributed by atoms with E-state index in [9.17, 15) is 9.59 Å². The summed E-state index contributed by atoms with van der Waals surface area (Å²) in [6.07, 6.45) is 4.23. The van der Waals surface area contributed by atoms with Gasteiger partial charge in [-0.25, -0.2) is 23.5 Å². The molecule has 5 nitrogen and oxygen atoms in total. The minimum absolute atomic E-state index is 0.0966. The molecule has 0 saturated carbocycles. The first kappa shape index (κ1) is 14.8. The predicted molar refractivity (Wildman–Crippen MR) is 96.1 cm³/mol. The fraction of sp³-hybridized carbons (Fsp3) is 0.400. The van der Waals surface area contributed by atoms with Crippen LogP contribution in [-0.4, -0.2) is 13.9 Å². The van der Waals surface area contributed by atoms with E-state index in [4.69, 9.17) is 0 Å². The molecule has 0 amide bonds. The average molecular weight is 335 g/mol. The molecular weight excluding hydrogens is 314 g/mol. The molecule has 2 bridgehead atoms. The molecule has 4 aliphatic rings. The van der Waals surface area contributed by atoms with E-state index in [1.54, 1.807) is 21.5 Å². The third kappa shape index (κ3) is 1.32. The lowest BCUT2D eigenvalue weighted by Gasteiger charge is -2.65. The highest BCUT2D eigenvalue weighted by atomic mass is 16.2. The number of para-hydroxylation sites is 1. The monoisotopic (exact) mass is 335 g/mol. The summed E-state index contributed by atoms with van der Waals surface area (Å²) >= 11 is 0. The van der Waals surface area contributed by atoms with Gasteiger partial charge in [0.2, 0.25) is 0 Å². The number of allylic oxidation sites excluding steroid dienone is 4. The molecule has 2 aliphatic carbocycles. The second-order valence-corrected chi connectivity index (χ2v) is 7.88. The summed E-state index contributed by atoms with van der Waals surface area (Å²) in [5, 5.41) is 0. The quantitative estimate of drug-likeness (QED) is 0.752. The average Bonchev–Trinajstić information content (AvgIpc) is 2.89. The molecule has 6 rings (SSSR count). The van der Waals surface area contributed by atoms with Crippen LogP contribution >= 0.6 is 0 Å². The molecule has 4 atom stereocenters. The highest BCUT2D eigenvalue weighted by Gasteiger charge is 2.66. The van der Waals surface area contributed by atoms with Gasteiger partial charge in [0.1, 0.15) is 0 Å². The molecule has 0 fully saturated rings. The maximum absolute atomic E-state index is 13.3. The molecule has 0 saturated heterocycles. The van der Waals surface area contributed by atoms with Crippen LogP contribution in [0, 0.1) is 11.3 Å². The first-order valence-electron chi connectivity index (χ1n) is 8.73. The highest BCUT2D eigenvalue weighted by molar-refractivity contribution is 5.47. The zero-order chi connectivity index (χ0) is 17.7. The van der Waals surface area contributed by atoms with E-state index in [2.05, 4.69) is 39.8 Å². The van der Waals surface area contributed by atoms with E-state index >= 15 is 0 Å². The van der Waals surface area contributed by atoms with Gasteiger partial charge in [0.25, 0.3) is 0 Å². The Hall–Kier alpha value is -2.56. The molecule has 1 aromatic heterocycles. The Labute approximate surface area is 145 Å². The van der Waals surface area contributed by atoms with Gasteiger partial charge in [-0.2, -0.15) is 0 Å². The lowest BCUT2D eigenvalue weighted by atomic mass is 9.45. The lowest BCUT2D eigenvalue weighted by molar-refractivity contribution is -0.0328. The van der Waals surface area contributed by atoms with Crippen molar-refractivity contribution in [3.63, 3.8) is 0 Å². The molecule has 0 N–H and O–H groups in total. The molecule has 2 aliphatic heterocycles. The largest absolute Gasteiger partial charge is 0.352 e. The van der Waals surface area contributed by atoms with Crippen molar-refractivity contribution in [1.82, 2.24) is 13.9 Å². The molecule has 25 heavy (non-hydrogen) atoms. The van der Waals surface area contributed by atoms with Gasteiger partial charge < -0.3 is 0 Å². The molecule has 0 spiro atoms. The molecule has 0 unspecified atom stereocenters. The maximum atomic E-state index is 13.3. The van der Waals surface area contributed by atoms with E-state index in [1.165, 1.54) is 15.7 Å². The van der Waals surface area contributed by atoms with Gasteiger partial charge >= 0.3 is 11.4 Å². The fourth-order valence-electron chi connectivity index (χ4n) is 5.54. The van der Waals surface area contributed by atoms with Crippen LogP contribution in [0.4, 0.5) is 0 Å². The minimum atomic E-state index is -0.535. The summed E-state index contributed by atoms with van der Waals surface area (Å²) in [5.41, 5.74) is 2.13. The molecule has 1 aromatic carbocycles. The van der Waals surface area contributed by atoms with Gasteiger partial charge in [0.05, 0.1) is 17.3 Å². The smallest absolute Gasteiger partial charge is 0.245 e. The Morgan fingerprint density at radius 3 is 2.36 bits per heavy atom. The minimum Gasteiger partial charge on any atom is -0.245 e. The molecule has 2 aromatic rings. The second-order valence-electron chi connectivity index (χ2n) is 7.88. The number of rotatable bonds is 1. The van der Waals surface area contributed by atoms with Gasteiger partial charge in [-0.15, -0.1) is 0 Å². The molecule has 5 heteroatoms. The summed E-state index contributed by atoms with van der Waals surface area (Å²) in [5.74, 6) is 0.270. The number of nitrogens with zero attached hydrogens (tertiary/aromatic N) is 3. The standard InChI is InChI=1S/C20H21N3O2/c1-12-13(2)20(4)16(12)15-10-11-19(20,3)23-18(25)21(17(24)22(15)23)14-8-6-5-7-9-14/h5-11,15-16H,1-4H3/t15-,16-,19-,20+/m1/s1. The van der Waals surface area contributed by atoms with Crippen molar-refractivity contribution in [2.75, 3.05) is 0 Å². The van der Waals surface area contributed by atoms with Crippen molar-refractivity contribution in [3.8, 4) is 5.69 Å². The van der Waals surface area contributed by atoms with Gasteiger partial charge in [-0.3, -0.25) is 0 Å². The van der Waals surface area contributed by atoms with E-state index < -0.39 is 5.54 Å².